The van der Waals surface area contributed by atoms with Crippen LogP contribution in [0.1, 0.15) is 36.2 Å². The summed E-state index contributed by atoms with van der Waals surface area (Å²) < 4.78 is 62.3. The van der Waals surface area contributed by atoms with Crippen molar-refractivity contribution in [2.24, 2.45) is 11.5 Å². The number of nitrogens with two attached hydrogens (primary N) is 2. The molecule has 180 valence electrons. The van der Waals surface area contributed by atoms with Crippen molar-refractivity contribution >= 4 is 20.2 Å². The first-order valence-corrected chi connectivity index (χ1v) is 12.7. The Labute approximate surface area is 188 Å². The second kappa shape index (κ2) is 13.0. The third-order valence-corrected chi connectivity index (χ3v) is 7.17. The van der Waals surface area contributed by atoms with Gasteiger partial charge in [-0.15, -0.1) is 0 Å². The van der Waals surface area contributed by atoms with E-state index in [1.807, 2.05) is 0 Å². The molecular formula is C20H30N2O8S2. The lowest BCUT2D eigenvalue weighted by molar-refractivity contribution is 0.163. The maximum Gasteiger partial charge on any atom is 0.270 e. The van der Waals surface area contributed by atoms with Gasteiger partial charge >= 0.3 is 0 Å². The van der Waals surface area contributed by atoms with Crippen LogP contribution in [0.4, 0.5) is 0 Å². The molecule has 8 N–H and O–H groups in total. The summed E-state index contributed by atoms with van der Waals surface area (Å²) in [5, 5.41) is 17.1. The molecule has 0 saturated carbocycles. The molecule has 0 aliphatic heterocycles. The zero-order valence-electron chi connectivity index (χ0n) is 17.3. The summed E-state index contributed by atoms with van der Waals surface area (Å²) in [6.07, 6.45) is -2.51. The SMILES string of the molecule is NCC[C@@H]([C@H](O)c1ccccc1)S(=O)(=O)O.NCC[C@H]([C@H](O)c1ccccc1)S(=O)(=O)O. The number of rotatable bonds is 10. The van der Waals surface area contributed by atoms with Gasteiger partial charge in [0.05, 0.1) is 12.2 Å². The van der Waals surface area contributed by atoms with Crippen LogP contribution in [-0.4, -0.2) is 59.7 Å². The van der Waals surface area contributed by atoms with E-state index in [2.05, 4.69) is 0 Å². The van der Waals surface area contributed by atoms with Gasteiger partial charge in [-0.05, 0) is 37.1 Å². The Balaban J connectivity index is 0.000000320. The fraction of sp³-hybridized carbons (Fsp3) is 0.400. The van der Waals surface area contributed by atoms with Crippen LogP contribution in [0.5, 0.6) is 0 Å². The molecule has 0 heterocycles. The molecule has 0 saturated heterocycles. The predicted octanol–water partition coefficient (Wildman–Crippen LogP) is 0.650. The lowest BCUT2D eigenvalue weighted by Crippen LogP contribution is -2.30. The zero-order valence-corrected chi connectivity index (χ0v) is 18.9. The normalized spacial score (nSPS) is 15.7. The van der Waals surface area contributed by atoms with Crippen LogP contribution in [0.2, 0.25) is 0 Å². The van der Waals surface area contributed by atoms with Crippen molar-refractivity contribution in [1.29, 1.82) is 0 Å². The van der Waals surface area contributed by atoms with Crippen molar-refractivity contribution in [1.82, 2.24) is 0 Å². The molecule has 0 amide bonds. The molecule has 4 atom stereocenters. The number of aliphatic hydroxyl groups is 2. The first-order valence-electron chi connectivity index (χ1n) is 9.72. The largest absolute Gasteiger partial charge is 0.387 e. The van der Waals surface area contributed by atoms with E-state index in [1.54, 1.807) is 60.7 Å². The van der Waals surface area contributed by atoms with Crippen LogP contribution in [0.15, 0.2) is 60.7 Å². The Morgan fingerprint density at radius 1 is 0.625 bits per heavy atom. The molecule has 0 aliphatic rings. The van der Waals surface area contributed by atoms with Gasteiger partial charge < -0.3 is 21.7 Å². The molecule has 2 aromatic carbocycles. The predicted molar refractivity (Wildman–Crippen MR) is 121 cm³/mol. The smallest absolute Gasteiger partial charge is 0.270 e. The highest BCUT2D eigenvalue weighted by atomic mass is 32.2. The summed E-state index contributed by atoms with van der Waals surface area (Å²) in [4.78, 5) is 0. The molecule has 0 unspecified atom stereocenters. The van der Waals surface area contributed by atoms with E-state index in [1.165, 1.54) is 0 Å². The third-order valence-electron chi connectivity index (χ3n) is 4.65. The molecule has 10 nitrogen and oxygen atoms in total. The highest BCUT2D eigenvalue weighted by molar-refractivity contribution is 7.86. The minimum Gasteiger partial charge on any atom is -0.387 e. The lowest BCUT2D eigenvalue weighted by atomic mass is 10.0. The quantitative estimate of drug-likeness (QED) is 0.257. The van der Waals surface area contributed by atoms with Gasteiger partial charge in [0.2, 0.25) is 0 Å². The van der Waals surface area contributed by atoms with Gasteiger partial charge in [-0.25, -0.2) is 0 Å². The number of aliphatic hydroxyl groups excluding tert-OH is 2. The average molecular weight is 491 g/mol. The molecule has 2 aromatic rings. The van der Waals surface area contributed by atoms with Crippen molar-refractivity contribution in [2.45, 2.75) is 35.5 Å². The van der Waals surface area contributed by atoms with E-state index in [0.29, 0.717) is 11.1 Å². The van der Waals surface area contributed by atoms with E-state index in [4.69, 9.17) is 20.6 Å². The molecule has 0 aromatic heterocycles. The fourth-order valence-electron chi connectivity index (χ4n) is 3.00. The number of hydrogen-bond acceptors (Lipinski definition) is 8. The first kappa shape index (κ1) is 28.1. The van der Waals surface area contributed by atoms with Crippen LogP contribution in [0, 0.1) is 0 Å². The summed E-state index contributed by atoms with van der Waals surface area (Å²) in [7, 11) is -8.61. The third kappa shape index (κ3) is 8.92. The van der Waals surface area contributed by atoms with Crippen molar-refractivity contribution in [2.75, 3.05) is 13.1 Å². The maximum absolute atomic E-state index is 11.1. The van der Waals surface area contributed by atoms with Crippen LogP contribution < -0.4 is 11.5 Å². The Morgan fingerprint density at radius 2 is 0.906 bits per heavy atom. The van der Waals surface area contributed by atoms with Gasteiger partial charge in [0.25, 0.3) is 20.2 Å². The molecule has 32 heavy (non-hydrogen) atoms. The molecule has 0 spiro atoms. The van der Waals surface area contributed by atoms with E-state index < -0.39 is 42.9 Å². The first-order chi connectivity index (χ1) is 14.9. The lowest BCUT2D eigenvalue weighted by Gasteiger charge is -2.19. The highest BCUT2D eigenvalue weighted by Crippen LogP contribution is 2.24. The van der Waals surface area contributed by atoms with Gasteiger partial charge in [-0.3, -0.25) is 9.11 Å². The van der Waals surface area contributed by atoms with Crippen molar-refractivity contribution in [3.8, 4) is 0 Å². The summed E-state index contributed by atoms with van der Waals surface area (Å²) in [6, 6.07) is 16.6. The van der Waals surface area contributed by atoms with Crippen molar-refractivity contribution in [3.63, 3.8) is 0 Å². The van der Waals surface area contributed by atoms with Crippen LogP contribution in [0.25, 0.3) is 0 Å². The van der Waals surface area contributed by atoms with E-state index in [0.717, 1.165) is 0 Å². The summed E-state index contributed by atoms with van der Waals surface area (Å²) in [5.74, 6) is 0. The van der Waals surface area contributed by atoms with Gasteiger partial charge in [0.1, 0.15) is 10.5 Å². The highest BCUT2D eigenvalue weighted by Gasteiger charge is 2.32. The Hall–Kier alpha value is -1.90. The summed E-state index contributed by atoms with van der Waals surface area (Å²) in [6.45, 7) is 0.155. The van der Waals surface area contributed by atoms with E-state index in [-0.39, 0.29) is 25.9 Å². The van der Waals surface area contributed by atoms with Crippen LogP contribution in [0.3, 0.4) is 0 Å². The Bertz CT molecular complexity index is 919. The van der Waals surface area contributed by atoms with Gasteiger partial charge in [-0.2, -0.15) is 16.8 Å². The van der Waals surface area contributed by atoms with Crippen molar-refractivity contribution < 1.29 is 36.2 Å². The molecule has 0 fully saturated rings. The molecule has 12 heteroatoms. The molecule has 0 bridgehead atoms. The van der Waals surface area contributed by atoms with Gasteiger partial charge in [0.15, 0.2) is 0 Å². The Morgan fingerprint density at radius 3 is 1.12 bits per heavy atom. The van der Waals surface area contributed by atoms with Gasteiger partial charge in [0, 0.05) is 0 Å². The standard InChI is InChI=1S/2C10H15NO4S/c2*11-7-6-9(16(13,14)15)10(12)8-4-2-1-3-5-8/h2*1-5,9-10,12H,6-7,11H2,(H,13,14,15)/t9-,10+;9-,10-/m01/s1. The maximum atomic E-state index is 11.1. The Kier molecular flexibility index (Phi) is 11.4. The minimum atomic E-state index is -4.30. The second-order valence-electron chi connectivity index (χ2n) is 6.97. The molecular weight excluding hydrogens is 460 g/mol. The van der Waals surface area contributed by atoms with Crippen LogP contribution >= 0.6 is 0 Å². The fourth-order valence-corrected chi connectivity index (χ4v) is 4.83. The molecule has 0 aliphatic carbocycles. The van der Waals surface area contributed by atoms with Crippen molar-refractivity contribution in [3.05, 3.63) is 71.8 Å². The van der Waals surface area contributed by atoms with Gasteiger partial charge in [-0.1, -0.05) is 60.7 Å². The average Bonchev–Trinajstić information content (AvgIpc) is 2.75. The minimum absolute atomic E-state index is 0.00882. The monoisotopic (exact) mass is 490 g/mol. The molecule has 2 rings (SSSR count). The number of benzene rings is 2. The van der Waals surface area contributed by atoms with Crippen LogP contribution in [-0.2, 0) is 20.2 Å². The summed E-state index contributed by atoms with van der Waals surface area (Å²) in [5.41, 5.74) is 11.4. The topological polar surface area (TPSA) is 201 Å². The zero-order chi connectivity index (χ0) is 24.4. The number of hydrogen-bond donors (Lipinski definition) is 6. The summed E-state index contributed by atoms with van der Waals surface area (Å²) >= 11 is 0. The van der Waals surface area contributed by atoms with E-state index >= 15 is 0 Å². The second-order valence-corrected chi connectivity index (χ2v) is 10.2. The molecule has 0 radical (unpaired) electrons. The van der Waals surface area contributed by atoms with E-state index in [9.17, 15) is 27.0 Å².